The molecule has 2 amide bonds. The molecule has 1 unspecified atom stereocenters. The summed E-state index contributed by atoms with van der Waals surface area (Å²) in [6.45, 7) is 0. The minimum Gasteiger partial charge on any atom is -0.320 e. The molecule has 0 bridgehead atoms. The molecule has 1 saturated carbocycles. The number of nitrogens with zero attached hydrogens (tertiary/aromatic N) is 2. The quantitative estimate of drug-likeness (QED) is 0.858. The Balaban J connectivity index is 1.72. The van der Waals surface area contributed by atoms with Crippen molar-refractivity contribution in [1.29, 1.82) is 0 Å². The van der Waals surface area contributed by atoms with Crippen molar-refractivity contribution < 1.29 is 14.0 Å². The Kier molecular flexibility index (Phi) is 4.38. The Morgan fingerprint density at radius 3 is 2.55 bits per heavy atom. The highest BCUT2D eigenvalue weighted by molar-refractivity contribution is 7.99. The maximum atomic E-state index is 13.0. The highest BCUT2D eigenvalue weighted by atomic mass is 32.2. The minimum absolute atomic E-state index is 0.102. The lowest BCUT2D eigenvalue weighted by atomic mass is 9.84. The fourth-order valence-electron chi connectivity index (χ4n) is 2.77. The summed E-state index contributed by atoms with van der Waals surface area (Å²) < 4.78 is 13.0. The maximum Gasteiger partial charge on any atom is 0.250 e. The molecule has 4 nitrogen and oxygen atoms in total. The molecule has 118 valence electrons. The van der Waals surface area contributed by atoms with Gasteiger partial charge in [0, 0.05) is 24.4 Å². The number of hydrogen-bond donors (Lipinski definition) is 0. The zero-order valence-corrected chi connectivity index (χ0v) is 13.3. The van der Waals surface area contributed by atoms with E-state index in [2.05, 4.69) is 0 Å². The lowest BCUT2D eigenvalue weighted by Gasteiger charge is -2.33. The molecule has 1 saturated heterocycles. The molecule has 6 heteroatoms. The van der Waals surface area contributed by atoms with Crippen LogP contribution < -0.4 is 4.90 Å². The van der Waals surface area contributed by atoms with E-state index >= 15 is 0 Å². The molecule has 0 radical (unpaired) electrons. The van der Waals surface area contributed by atoms with Gasteiger partial charge >= 0.3 is 0 Å². The van der Waals surface area contributed by atoms with E-state index in [0.29, 0.717) is 17.3 Å². The second-order valence-electron chi connectivity index (χ2n) is 5.83. The summed E-state index contributed by atoms with van der Waals surface area (Å²) in [6.07, 6.45) is 2.98. The van der Waals surface area contributed by atoms with Gasteiger partial charge < -0.3 is 9.80 Å². The lowest BCUT2D eigenvalue weighted by Crippen LogP contribution is -2.50. The van der Waals surface area contributed by atoms with Crippen LogP contribution in [0.15, 0.2) is 24.3 Å². The van der Waals surface area contributed by atoms with E-state index < -0.39 is 6.04 Å². The van der Waals surface area contributed by atoms with E-state index in [1.807, 2.05) is 0 Å². The predicted molar refractivity (Wildman–Crippen MR) is 85.1 cm³/mol. The first-order valence-corrected chi connectivity index (χ1v) is 8.65. The van der Waals surface area contributed by atoms with Crippen LogP contribution in [0.4, 0.5) is 10.1 Å². The van der Waals surface area contributed by atoms with Gasteiger partial charge in [0.05, 0.1) is 5.88 Å². The third kappa shape index (κ3) is 2.84. The molecular weight excluding hydrogens is 303 g/mol. The highest BCUT2D eigenvalue weighted by Crippen LogP contribution is 2.32. The van der Waals surface area contributed by atoms with Crippen LogP contribution in [0.2, 0.25) is 0 Å². The molecule has 2 fully saturated rings. The molecule has 1 aliphatic carbocycles. The van der Waals surface area contributed by atoms with Crippen molar-refractivity contribution in [3.63, 3.8) is 0 Å². The van der Waals surface area contributed by atoms with Crippen LogP contribution in [-0.4, -0.2) is 41.4 Å². The molecule has 1 heterocycles. The van der Waals surface area contributed by atoms with Gasteiger partial charge in [0.1, 0.15) is 11.9 Å². The van der Waals surface area contributed by atoms with E-state index in [-0.39, 0.29) is 23.5 Å². The van der Waals surface area contributed by atoms with Crippen molar-refractivity contribution in [2.45, 2.75) is 25.3 Å². The van der Waals surface area contributed by atoms with Crippen LogP contribution in [-0.2, 0) is 9.59 Å². The topological polar surface area (TPSA) is 40.6 Å². The van der Waals surface area contributed by atoms with Gasteiger partial charge in [-0.15, -0.1) is 11.8 Å². The molecule has 1 aliphatic heterocycles. The number of amides is 2. The first-order chi connectivity index (χ1) is 10.6. The van der Waals surface area contributed by atoms with Crippen molar-refractivity contribution in [1.82, 2.24) is 4.90 Å². The number of benzene rings is 1. The Morgan fingerprint density at radius 1 is 1.27 bits per heavy atom. The molecule has 1 aromatic carbocycles. The van der Waals surface area contributed by atoms with Crippen molar-refractivity contribution >= 4 is 29.3 Å². The number of anilines is 1. The minimum atomic E-state index is -0.409. The SMILES string of the molecule is CN(C(=O)C1CSCN1C(=O)C1CCC1)c1ccc(F)cc1. The number of halogens is 1. The number of carbonyl (C=O) groups is 2. The lowest BCUT2D eigenvalue weighted by molar-refractivity contribution is -0.142. The van der Waals surface area contributed by atoms with Gasteiger partial charge in [-0.3, -0.25) is 9.59 Å². The van der Waals surface area contributed by atoms with Crippen LogP contribution in [0.25, 0.3) is 0 Å². The molecule has 1 atom stereocenters. The molecular formula is C16H19FN2O2S. The van der Waals surface area contributed by atoms with Gasteiger partial charge in [-0.1, -0.05) is 6.42 Å². The van der Waals surface area contributed by atoms with E-state index in [1.165, 1.54) is 17.0 Å². The van der Waals surface area contributed by atoms with Crippen molar-refractivity contribution in [2.75, 3.05) is 23.6 Å². The maximum absolute atomic E-state index is 13.0. The Bertz CT molecular complexity index is 574. The van der Waals surface area contributed by atoms with Gasteiger partial charge in [-0.05, 0) is 37.1 Å². The zero-order chi connectivity index (χ0) is 15.7. The molecule has 0 N–H and O–H groups in total. The van der Waals surface area contributed by atoms with Gasteiger partial charge in [-0.2, -0.15) is 0 Å². The van der Waals surface area contributed by atoms with Crippen molar-refractivity contribution in [2.24, 2.45) is 5.92 Å². The summed E-state index contributed by atoms with van der Waals surface area (Å²) in [5.74, 6) is 0.991. The monoisotopic (exact) mass is 322 g/mol. The number of rotatable bonds is 3. The first-order valence-electron chi connectivity index (χ1n) is 7.49. The third-order valence-corrected chi connectivity index (χ3v) is 5.46. The molecule has 0 aromatic heterocycles. The Morgan fingerprint density at radius 2 is 1.95 bits per heavy atom. The molecule has 3 rings (SSSR count). The van der Waals surface area contributed by atoms with E-state index in [0.717, 1.165) is 19.3 Å². The summed E-state index contributed by atoms with van der Waals surface area (Å²) in [5, 5.41) is 0. The Hall–Kier alpha value is -1.56. The molecule has 0 spiro atoms. The fraction of sp³-hybridized carbons (Fsp3) is 0.500. The van der Waals surface area contributed by atoms with E-state index in [1.54, 1.807) is 35.8 Å². The average Bonchev–Trinajstić information content (AvgIpc) is 2.94. The number of carbonyl (C=O) groups excluding carboxylic acids is 2. The number of hydrogen-bond acceptors (Lipinski definition) is 3. The standard InChI is InChI=1S/C16H19FN2O2S/c1-18(13-7-5-12(17)6-8-13)16(21)14-9-22-10-19(14)15(20)11-3-2-4-11/h5-8,11,14H,2-4,9-10H2,1H3. The van der Waals surface area contributed by atoms with Crippen LogP contribution in [0.5, 0.6) is 0 Å². The zero-order valence-electron chi connectivity index (χ0n) is 12.5. The normalized spacial score (nSPS) is 21.5. The number of thioether (sulfide) groups is 1. The molecule has 1 aromatic rings. The number of likely N-dealkylation sites (N-methyl/N-ethyl adjacent to an activating group) is 1. The summed E-state index contributed by atoms with van der Waals surface area (Å²) in [5.41, 5.74) is 0.638. The van der Waals surface area contributed by atoms with Gasteiger partial charge in [0.25, 0.3) is 0 Å². The summed E-state index contributed by atoms with van der Waals surface area (Å²) in [4.78, 5) is 28.4. The second kappa shape index (κ2) is 6.28. The van der Waals surface area contributed by atoms with E-state index in [9.17, 15) is 14.0 Å². The first kappa shape index (κ1) is 15.3. The van der Waals surface area contributed by atoms with Crippen LogP contribution in [0.1, 0.15) is 19.3 Å². The summed E-state index contributed by atoms with van der Waals surface area (Å²) in [7, 11) is 1.67. The fourth-order valence-corrected chi connectivity index (χ4v) is 3.92. The predicted octanol–water partition coefficient (Wildman–Crippen LogP) is 2.49. The van der Waals surface area contributed by atoms with Gasteiger partial charge in [0.15, 0.2) is 0 Å². The third-order valence-electron chi connectivity index (χ3n) is 4.45. The van der Waals surface area contributed by atoms with Crippen LogP contribution >= 0.6 is 11.8 Å². The largest absolute Gasteiger partial charge is 0.320 e. The van der Waals surface area contributed by atoms with Crippen LogP contribution in [0, 0.1) is 11.7 Å². The molecule has 2 aliphatic rings. The average molecular weight is 322 g/mol. The highest BCUT2D eigenvalue weighted by Gasteiger charge is 2.40. The second-order valence-corrected chi connectivity index (χ2v) is 6.82. The van der Waals surface area contributed by atoms with Gasteiger partial charge in [-0.25, -0.2) is 4.39 Å². The van der Waals surface area contributed by atoms with Crippen molar-refractivity contribution in [3.05, 3.63) is 30.1 Å². The van der Waals surface area contributed by atoms with Gasteiger partial charge in [0.2, 0.25) is 11.8 Å². The Labute approximate surface area is 133 Å². The van der Waals surface area contributed by atoms with Crippen molar-refractivity contribution in [3.8, 4) is 0 Å². The summed E-state index contributed by atoms with van der Waals surface area (Å²) >= 11 is 1.61. The smallest absolute Gasteiger partial charge is 0.250 e. The summed E-state index contributed by atoms with van der Waals surface area (Å²) in [6, 6.07) is 5.41. The van der Waals surface area contributed by atoms with E-state index in [4.69, 9.17) is 0 Å². The van der Waals surface area contributed by atoms with Crippen LogP contribution in [0.3, 0.4) is 0 Å². The molecule has 22 heavy (non-hydrogen) atoms.